The number of benzene rings is 2. The van der Waals surface area contributed by atoms with Crippen molar-refractivity contribution in [3.8, 4) is 17.4 Å². The molecule has 0 amide bonds. The molecule has 1 aliphatic rings. The molecule has 44 heavy (non-hydrogen) atoms. The van der Waals surface area contributed by atoms with Crippen molar-refractivity contribution >= 4 is 58.8 Å². The third kappa shape index (κ3) is 5.80. The van der Waals surface area contributed by atoms with Crippen molar-refractivity contribution in [2.45, 2.75) is 40.0 Å². The predicted octanol–water partition coefficient (Wildman–Crippen LogP) is 6.85. The summed E-state index contributed by atoms with van der Waals surface area (Å²) < 4.78 is 21.0. The van der Waals surface area contributed by atoms with E-state index >= 15 is 0 Å². The second kappa shape index (κ2) is 11.7. The number of aliphatic hydroxyl groups is 1. The molecular formula is C24H22N10O8S2. The van der Waals surface area contributed by atoms with Crippen LogP contribution < -0.4 is 14.2 Å². The van der Waals surface area contributed by atoms with Crippen LogP contribution >= 0.6 is 24.4 Å². The minimum Gasteiger partial charge on any atom is -0.394 e. The van der Waals surface area contributed by atoms with Crippen LogP contribution in [0.1, 0.15) is 19.5 Å². The Labute approximate surface area is 256 Å². The van der Waals surface area contributed by atoms with Gasteiger partial charge >= 0.3 is 6.16 Å². The number of hydrogen-bond donors (Lipinski definition) is 3. The molecular weight excluding hydrogens is 620 g/mol. The Balaban J connectivity index is 1.63. The van der Waals surface area contributed by atoms with Crippen LogP contribution in [0.15, 0.2) is 56.9 Å². The summed E-state index contributed by atoms with van der Waals surface area (Å²) in [5.41, 5.74) is -0.371. The quantitative estimate of drug-likeness (QED) is 0.0595. The van der Waals surface area contributed by atoms with Crippen molar-refractivity contribution < 1.29 is 29.2 Å². The molecule has 20 heteroatoms. The lowest BCUT2D eigenvalue weighted by atomic mass is 10.2. The summed E-state index contributed by atoms with van der Waals surface area (Å²) >= 11 is 10.6. The first kappa shape index (κ1) is 30.1. The van der Waals surface area contributed by atoms with Crippen LogP contribution in [0.25, 0.3) is 0 Å². The number of H-pyrrole nitrogens is 2. The van der Waals surface area contributed by atoms with Crippen LogP contribution in [0.5, 0.6) is 17.4 Å². The smallest absolute Gasteiger partial charge is 0.394 e. The zero-order valence-corrected chi connectivity index (χ0v) is 24.7. The molecule has 1 atom stereocenters. The number of nitro groups is 2. The van der Waals surface area contributed by atoms with Gasteiger partial charge in [0.1, 0.15) is 11.4 Å². The SMILES string of the molecule is CCn1c(C)c(N=Nc2cc([N+](=O)[O-])ccc2OC2(O)Oc3ccc([N+](=O)[O-])cc3N=Nc3[nH]c(=S)n(CC)c3O2)[nH]c1=S. The normalized spacial score (nSPS) is 15.8. The molecule has 1 unspecified atom stereocenters. The second-order valence-electron chi connectivity index (χ2n) is 8.98. The minimum absolute atomic E-state index is 0.0587. The molecule has 4 aromatic rings. The molecule has 3 N–H and O–H groups in total. The van der Waals surface area contributed by atoms with E-state index in [4.69, 9.17) is 38.6 Å². The largest absolute Gasteiger partial charge is 0.558 e. The van der Waals surface area contributed by atoms with E-state index in [1.54, 1.807) is 18.4 Å². The van der Waals surface area contributed by atoms with Gasteiger partial charge in [-0.15, -0.1) is 20.5 Å². The fourth-order valence-electron chi connectivity index (χ4n) is 4.16. The van der Waals surface area contributed by atoms with Gasteiger partial charge in [-0.2, -0.15) is 0 Å². The van der Waals surface area contributed by atoms with E-state index in [0.717, 1.165) is 36.4 Å². The summed E-state index contributed by atoms with van der Waals surface area (Å²) in [5.74, 6) is -0.399. The highest BCUT2D eigenvalue weighted by Crippen LogP contribution is 2.42. The third-order valence-electron chi connectivity index (χ3n) is 6.29. The van der Waals surface area contributed by atoms with Gasteiger partial charge < -0.3 is 28.7 Å². The topological polar surface area (TPSA) is 225 Å². The summed E-state index contributed by atoms with van der Waals surface area (Å²) in [6.45, 7) is 6.22. The first-order valence-electron chi connectivity index (χ1n) is 12.7. The van der Waals surface area contributed by atoms with Crippen molar-refractivity contribution in [3.63, 3.8) is 0 Å². The Morgan fingerprint density at radius 1 is 0.977 bits per heavy atom. The highest BCUT2D eigenvalue weighted by molar-refractivity contribution is 7.71. The summed E-state index contributed by atoms with van der Waals surface area (Å²) in [5, 5.41) is 51.0. The highest BCUT2D eigenvalue weighted by atomic mass is 32.1. The van der Waals surface area contributed by atoms with Crippen molar-refractivity contribution in [2.75, 3.05) is 0 Å². The van der Waals surface area contributed by atoms with Gasteiger partial charge in [-0.1, -0.05) is 0 Å². The molecule has 0 fully saturated rings. The number of imidazole rings is 2. The Hall–Kier alpha value is -5.34. The monoisotopic (exact) mass is 642 g/mol. The molecule has 18 nitrogen and oxygen atoms in total. The Bertz CT molecular complexity index is 1980. The van der Waals surface area contributed by atoms with E-state index in [1.807, 2.05) is 6.92 Å². The number of fused-ring (bicyclic) bond motifs is 2. The zero-order chi connectivity index (χ0) is 31.8. The number of aromatic nitrogens is 4. The maximum Gasteiger partial charge on any atom is 0.558 e. The number of nitro benzene ring substituents is 2. The van der Waals surface area contributed by atoms with E-state index in [2.05, 4.69) is 30.4 Å². The van der Waals surface area contributed by atoms with Gasteiger partial charge in [-0.3, -0.25) is 29.9 Å². The van der Waals surface area contributed by atoms with Crippen LogP contribution in [0.2, 0.25) is 0 Å². The van der Waals surface area contributed by atoms with Crippen LogP contribution in [0, 0.1) is 36.7 Å². The lowest BCUT2D eigenvalue weighted by molar-refractivity contribution is -0.388. The fraction of sp³-hybridized carbons (Fsp3) is 0.250. The van der Waals surface area contributed by atoms with E-state index in [1.165, 1.54) is 4.57 Å². The Kier molecular flexibility index (Phi) is 8.04. The number of azo groups is 2. The highest BCUT2D eigenvalue weighted by Gasteiger charge is 2.42. The predicted molar refractivity (Wildman–Crippen MR) is 157 cm³/mol. The summed E-state index contributed by atoms with van der Waals surface area (Å²) in [6, 6.07) is 6.67. The van der Waals surface area contributed by atoms with E-state index in [9.17, 15) is 25.3 Å². The molecule has 0 saturated heterocycles. The van der Waals surface area contributed by atoms with Gasteiger partial charge in [-0.05, 0) is 57.3 Å². The van der Waals surface area contributed by atoms with Gasteiger partial charge in [0.05, 0.1) is 15.5 Å². The van der Waals surface area contributed by atoms with Gasteiger partial charge in [0.25, 0.3) is 17.3 Å². The van der Waals surface area contributed by atoms with Gasteiger partial charge in [-0.25, -0.2) is 0 Å². The lowest BCUT2D eigenvalue weighted by Crippen LogP contribution is -2.48. The molecule has 0 spiro atoms. The average molecular weight is 643 g/mol. The number of aromatic amines is 2. The zero-order valence-electron chi connectivity index (χ0n) is 23.1. The number of ether oxygens (including phenoxy) is 3. The molecule has 2 aromatic carbocycles. The van der Waals surface area contributed by atoms with Gasteiger partial charge in [0.2, 0.25) is 5.82 Å². The van der Waals surface area contributed by atoms with E-state index in [-0.39, 0.29) is 57.3 Å². The number of hydrogen-bond acceptors (Lipinski definition) is 14. The van der Waals surface area contributed by atoms with Crippen molar-refractivity contribution in [1.82, 2.24) is 19.1 Å². The number of nitrogens with one attached hydrogen (secondary N) is 2. The van der Waals surface area contributed by atoms with Crippen molar-refractivity contribution in [2.24, 2.45) is 20.5 Å². The number of rotatable bonds is 8. The first-order chi connectivity index (χ1) is 20.9. The fourth-order valence-corrected chi connectivity index (χ4v) is 4.83. The first-order valence-corrected chi connectivity index (χ1v) is 13.6. The minimum atomic E-state index is -3.03. The van der Waals surface area contributed by atoms with Crippen LogP contribution in [-0.2, 0) is 13.1 Å². The molecule has 0 saturated carbocycles. The molecule has 228 valence electrons. The molecule has 0 aliphatic carbocycles. The molecule has 0 radical (unpaired) electrons. The molecule has 0 bridgehead atoms. The Morgan fingerprint density at radius 3 is 2.30 bits per heavy atom. The number of non-ortho nitro benzene ring substituents is 2. The van der Waals surface area contributed by atoms with Crippen LogP contribution in [0.3, 0.4) is 0 Å². The van der Waals surface area contributed by atoms with E-state index in [0.29, 0.717) is 22.8 Å². The van der Waals surface area contributed by atoms with Crippen LogP contribution in [-0.4, -0.2) is 40.2 Å². The number of nitrogens with zero attached hydrogens (tertiary/aromatic N) is 8. The molecule has 1 aliphatic heterocycles. The summed E-state index contributed by atoms with van der Waals surface area (Å²) in [7, 11) is 0. The standard InChI is InChI=1S/C24H22N10O8S2/c1-4-31-12(3)19(25-22(31)43)29-27-15-10-13(33(36)37)6-8-17(15)40-24(35)41-18-9-7-14(34(38)39)11-16(18)28-30-20-21(42-24)32(5-2)23(44)26-20/h6-11,35H,4-5H2,1-3H3,(H,25,43)(H,26,44). The van der Waals surface area contributed by atoms with Gasteiger partial charge in [0.15, 0.2) is 26.9 Å². The summed E-state index contributed by atoms with van der Waals surface area (Å²) in [6.07, 6.45) is -3.03. The van der Waals surface area contributed by atoms with E-state index < -0.39 is 16.0 Å². The van der Waals surface area contributed by atoms with Gasteiger partial charge in [0, 0.05) is 37.4 Å². The maximum absolute atomic E-state index is 11.7. The molecule has 5 rings (SSSR count). The van der Waals surface area contributed by atoms with Crippen molar-refractivity contribution in [3.05, 3.63) is 71.9 Å². The summed E-state index contributed by atoms with van der Waals surface area (Å²) in [4.78, 5) is 27.3. The third-order valence-corrected chi connectivity index (χ3v) is 6.94. The average Bonchev–Trinajstić information content (AvgIpc) is 3.44. The molecule has 3 heterocycles. The molecule has 2 aromatic heterocycles. The van der Waals surface area contributed by atoms with Crippen LogP contribution in [0.4, 0.5) is 34.4 Å². The second-order valence-corrected chi connectivity index (χ2v) is 9.76. The Morgan fingerprint density at radius 2 is 1.64 bits per heavy atom. The lowest BCUT2D eigenvalue weighted by Gasteiger charge is -2.28. The maximum atomic E-state index is 11.7. The van der Waals surface area contributed by atoms with Crippen molar-refractivity contribution in [1.29, 1.82) is 0 Å².